The van der Waals surface area contributed by atoms with Crippen molar-refractivity contribution in [3.8, 4) is 0 Å². The van der Waals surface area contributed by atoms with E-state index in [1.165, 1.54) is 0 Å². The van der Waals surface area contributed by atoms with Crippen molar-refractivity contribution in [1.29, 1.82) is 0 Å². The molecule has 246 valence electrons. The van der Waals surface area contributed by atoms with Gasteiger partial charge < -0.3 is 33.9 Å². The number of Topliss-reactive ketones (excluding diaryl/α,β-unsaturated/α-hetero) is 1. The van der Waals surface area contributed by atoms with Crippen molar-refractivity contribution >= 4 is 11.8 Å². The van der Waals surface area contributed by atoms with Crippen LogP contribution in [0.3, 0.4) is 0 Å². The molecule has 2 N–H and O–H groups in total. The highest BCUT2D eigenvalue weighted by Gasteiger charge is 2.52. The van der Waals surface area contributed by atoms with E-state index in [9.17, 15) is 19.8 Å². The number of fused-ring (bicyclic) bond motifs is 5. The van der Waals surface area contributed by atoms with E-state index in [0.29, 0.717) is 31.4 Å². The van der Waals surface area contributed by atoms with Crippen LogP contribution in [0.1, 0.15) is 72.6 Å². The number of carbonyl (C=O) groups is 2. The molecule has 44 heavy (non-hydrogen) atoms. The van der Waals surface area contributed by atoms with E-state index < -0.39 is 42.7 Å². The van der Waals surface area contributed by atoms with Gasteiger partial charge in [0.2, 0.25) is 0 Å². The van der Waals surface area contributed by atoms with Crippen LogP contribution in [0.4, 0.5) is 0 Å². The summed E-state index contributed by atoms with van der Waals surface area (Å²) in [6, 6.07) is 0. The summed E-state index contributed by atoms with van der Waals surface area (Å²) in [7, 11) is 1.56. The monoisotopic (exact) mass is 616 g/mol. The van der Waals surface area contributed by atoms with Crippen LogP contribution in [0.15, 0.2) is 36.0 Å². The van der Waals surface area contributed by atoms with E-state index in [-0.39, 0.29) is 60.0 Å². The molecule has 3 fully saturated rings. The maximum Gasteiger partial charge on any atom is 0.307 e. The molecule has 5 aliphatic rings. The number of aliphatic hydroxyl groups is 2. The Balaban J connectivity index is 1.35. The van der Waals surface area contributed by atoms with Gasteiger partial charge in [0.1, 0.15) is 24.4 Å². The summed E-state index contributed by atoms with van der Waals surface area (Å²) in [6.07, 6.45) is 10.6. The molecule has 1 saturated carbocycles. The summed E-state index contributed by atoms with van der Waals surface area (Å²) in [5.74, 6) is -0.552. The second-order valence-electron chi connectivity index (χ2n) is 13.4. The van der Waals surface area contributed by atoms with Crippen LogP contribution >= 0.6 is 0 Å². The highest BCUT2D eigenvalue weighted by molar-refractivity contribution is 5.99. The first-order valence-electron chi connectivity index (χ1n) is 16.8. The quantitative estimate of drug-likeness (QED) is 0.319. The third-order valence-electron chi connectivity index (χ3n) is 10.6. The van der Waals surface area contributed by atoms with Crippen LogP contribution in [0.25, 0.3) is 0 Å². The normalized spacial score (nSPS) is 44.8. The van der Waals surface area contributed by atoms with Crippen molar-refractivity contribution in [2.24, 2.45) is 35.5 Å². The van der Waals surface area contributed by atoms with E-state index in [1.54, 1.807) is 7.11 Å². The van der Waals surface area contributed by atoms with E-state index in [1.807, 2.05) is 39.8 Å². The molecule has 0 aromatic rings. The van der Waals surface area contributed by atoms with E-state index in [4.69, 9.17) is 23.7 Å². The van der Waals surface area contributed by atoms with Gasteiger partial charge in [0.15, 0.2) is 12.1 Å². The fourth-order valence-electron chi connectivity index (χ4n) is 8.22. The molecule has 2 heterocycles. The Bertz CT molecular complexity index is 1100. The van der Waals surface area contributed by atoms with Crippen LogP contribution in [-0.2, 0) is 33.3 Å². The molecular formula is C35H52O9. The number of allylic oxidation sites excluding steroid dienone is 5. The van der Waals surface area contributed by atoms with Crippen LogP contribution < -0.4 is 0 Å². The molecule has 14 atom stereocenters. The maximum absolute atomic E-state index is 13.8. The number of hydrogen-bond donors (Lipinski definition) is 2. The standard InChI is InChI=1S/C35H52O9/c1-6-8-10-22-11-9-12-29(36)19(3)31(38)28-17-26-24(27(28)18-30(37)43-22)14-13-21-15-23(16-25(21)26)44-35-34(41-7-2)33(40-5)32(39)20(4)42-35/h8,10,13-14,17,19-27,29,32-36,39H,6-7,9,11-12,15-16,18H2,1-5H3/b10-8+/t19-,20+,21?,22+,23-,24?,25?,26?,27?,29+,32+,33-,34-,35+/m1/s1. The number of methoxy groups -OCH3 is 1. The summed E-state index contributed by atoms with van der Waals surface area (Å²) >= 11 is 0. The summed E-state index contributed by atoms with van der Waals surface area (Å²) in [5, 5.41) is 21.6. The molecule has 2 saturated heterocycles. The summed E-state index contributed by atoms with van der Waals surface area (Å²) in [4.78, 5) is 27.1. The summed E-state index contributed by atoms with van der Waals surface area (Å²) < 4.78 is 30.1. The van der Waals surface area contributed by atoms with E-state index in [2.05, 4.69) is 18.2 Å². The highest BCUT2D eigenvalue weighted by Crippen LogP contribution is 2.54. The second kappa shape index (κ2) is 14.7. The number of ketones is 1. The first kappa shape index (κ1) is 33.5. The SMILES string of the molecule is CC/C=C/[C@H]1CCC[C@H](O)[C@@H](C)C(=O)C2=CC3C(C=CC4C[C@@H](O[C@@H]5O[C@@H](C)[C@H](O)[C@@H](OC)[C@H]5OCC)CC43)C2CC(=O)O1. The largest absolute Gasteiger partial charge is 0.458 e. The molecule has 0 aromatic carbocycles. The van der Waals surface area contributed by atoms with Gasteiger partial charge in [0, 0.05) is 25.6 Å². The number of hydrogen-bond acceptors (Lipinski definition) is 9. The van der Waals surface area contributed by atoms with Gasteiger partial charge in [0.05, 0.1) is 24.7 Å². The van der Waals surface area contributed by atoms with E-state index in [0.717, 1.165) is 19.3 Å². The first-order valence-corrected chi connectivity index (χ1v) is 16.8. The molecule has 9 nitrogen and oxygen atoms in total. The Labute approximate surface area is 262 Å². The Morgan fingerprint density at radius 1 is 1.05 bits per heavy atom. The number of cyclic esters (lactones) is 1. The van der Waals surface area contributed by atoms with Gasteiger partial charge in [0.25, 0.3) is 0 Å². The molecule has 5 unspecified atom stereocenters. The number of aliphatic hydroxyl groups excluding tert-OH is 2. The zero-order chi connectivity index (χ0) is 31.5. The third kappa shape index (κ3) is 6.93. The zero-order valence-electron chi connectivity index (χ0n) is 26.9. The first-order chi connectivity index (χ1) is 21.2. The Morgan fingerprint density at radius 3 is 2.57 bits per heavy atom. The molecule has 0 spiro atoms. The van der Waals surface area contributed by atoms with Crippen LogP contribution in [0.5, 0.6) is 0 Å². The predicted octanol–water partition coefficient (Wildman–Crippen LogP) is 4.30. The topological polar surface area (TPSA) is 121 Å². The smallest absolute Gasteiger partial charge is 0.307 e. The van der Waals surface area contributed by atoms with Crippen molar-refractivity contribution in [3.05, 3.63) is 36.0 Å². The number of rotatable bonds is 7. The van der Waals surface area contributed by atoms with Gasteiger partial charge in [-0.05, 0) is 87.7 Å². The third-order valence-corrected chi connectivity index (χ3v) is 10.6. The highest BCUT2D eigenvalue weighted by atomic mass is 16.7. The lowest BCUT2D eigenvalue weighted by molar-refractivity contribution is -0.315. The zero-order valence-corrected chi connectivity index (χ0v) is 26.9. The molecule has 3 aliphatic carbocycles. The van der Waals surface area contributed by atoms with Crippen molar-refractivity contribution < 1.29 is 43.5 Å². The van der Waals surface area contributed by atoms with Gasteiger partial charge in [-0.3, -0.25) is 9.59 Å². The molecule has 0 radical (unpaired) electrons. The van der Waals surface area contributed by atoms with Crippen LogP contribution in [0.2, 0.25) is 0 Å². The number of esters is 1. The van der Waals surface area contributed by atoms with Gasteiger partial charge in [-0.25, -0.2) is 0 Å². The second-order valence-corrected chi connectivity index (χ2v) is 13.4. The molecule has 0 amide bonds. The maximum atomic E-state index is 13.8. The summed E-state index contributed by atoms with van der Waals surface area (Å²) in [5.41, 5.74) is 0.664. The van der Waals surface area contributed by atoms with Crippen molar-refractivity contribution in [2.75, 3.05) is 13.7 Å². The van der Waals surface area contributed by atoms with Gasteiger partial charge in [-0.15, -0.1) is 0 Å². The van der Waals surface area contributed by atoms with Crippen LogP contribution in [-0.4, -0.2) is 84.7 Å². The number of carbonyl (C=O) groups excluding carboxylic acids is 2. The molecule has 2 aliphatic heterocycles. The van der Waals surface area contributed by atoms with Crippen molar-refractivity contribution in [2.45, 2.75) is 122 Å². The minimum absolute atomic E-state index is 0.00793. The number of ether oxygens (including phenoxy) is 5. The van der Waals surface area contributed by atoms with Gasteiger partial charge in [-0.2, -0.15) is 0 Å². The fourth-order valence-corrected chi connectivity index (χ4v) is 8.22. The Kier molecular flexibility index (Phi) is 11.2. The molecule has 0 bridgehead atoms. The van der Waals surface area contributed by atoms with Crippen LogP contribution in [0, 0.1) is 35.5 Å². The Hall–Kier alpha value is -1.88. The molecule has 0 aromatic heterocycles. The van der Waals surface area contributed by atoms with Crippen molar-refractivity contribution in [3.63, 3.8) is 0 Å². The van der Waals surface area contributed by atoms with Crippen molar-refractivity contribution in [1.82, 2.24) is 0 Å². The predicted molar refractivity (Wildman–Crippen MR) is 163 cm³/mol. The molecule has 9 heteroatoms. The lowest BCUT2D eigenvalue weighted by Gasteiger charge is -2.43. The van der Waals surface area contributed by atoms with E-state index >= 15 is 0 Å². The molecular weight excluding hydrogens is 564 g/mol. The molecule has 5 rings (SSSR count). The van der Waals surface area contributed by atoms with Gasteiger partial charge >= 0.3 is 5.97 Å². The lowest BCUT2D eigenvalue weighted by Crippen LogP contribution is -2.59. The summed E-state index contributed by atoms with van der Waals surface area (Å²) in [6.45, 7) is 8.00. The fraction of sp³-hybridized carbons (Fsp3) is 0.771. The Morgan fingerprint density at radius 2 is 1.84 bits per heavy atom. The lowest BCUT2D eigenvalue weighted by atomic mass is 9.70. The van der Waals surface area contributed by atoms with Gasteiger partial charge in [-0.1, -0.05) is 38.2 Å². The average Bonchev–Trinajstić information content (AvgIpc) is 3.58. The minimum atomic E-state index is -0.821. The average molecular weight is 617 g/mol. The minimum Gasteiger partial charge on any atom is -0.458 e.